The first-order valence-corrected chi connectivity index (χ1v) is 13.2. The highest BCUT2D eigenvalue weighted by atomic mass is 31.0. The average molecular weight is 549 g/mol. The molecular weight excluding hydrogens is 515 g/mol. The van der Waals surface area contributed by atoms with Crippen LogP contribution in [0.1, 0.15) is 53.2 Å². The molecule has 1 saturated carbocycles. The molecule has 10 nitrogen and oxygen atoms in total. The van der Waals surface area contributed by atoms with Gasteiger partial charge < -0.3 is 21.2 Å². The number of amides is 1. The van der Waals surface area contributed by atoms with Crippen molar-refractivity contribution >= 4 is 32.4 Å². The molecule has 0 saturated heterocycles. The van der Waals surface area contributed by atoms with Crippen molar-refractivity contribution in [2.75, 3.05) is 20.0 Å². The van der Waals surface area contributed by atoms with Gasteiger partial charge in [-0.3, -0.25) is 15.1 Å². The van der Waals surface area contributed by atoms with Crippen molar-refractivity contribution in [3.8, 4) is 17.0 Å². The fourth-order valence-electron chi connectivity index (χ4n) is 4.99. The highest BCUT2D eigenvalue weighted by Crippen LogP contribution is 2.38. The number of para-hydroxylation sites is 1. The third kappa shape index (κ3) is 6.20. The summed E-state index contributed by atoms with van der Waals surface area (Å²) >= 11 is 0. The third-order valence-electron chi connectivity index (χ3n) is 7.02. The van der Waals surface area contributed by atoms with Crippen LogP contribution in [0.5, 0.6) is 5.75 Å². The summed E-state index contributed by atoms with van der Waals surface area (Å²) in [6.07, 6.45) is 3.09. The Morgan fingerprint density at radius 2 is 1.85 bits per heavy atom. The van der Waals surface area contributed by atoms with Crippen molar-refractivity contribution in [2.24, 2.45) is 5.92 Å². The molecule has 1 aliphatic carbocycles. The number of hydrogen-bond acceptors (Lipinski definition) is 8. The number of nitrogens with two attached hydrogens (primary N) is 1. The lowest BCUT2D eigenvalue weighted by Gasteiger charge is -2.29. The quantitative estimate of drug-likeness (QED) is 0.130. The smallest absolute Gasteiger partial charge is 0.255 e. The molecular formula is C28H33N6O4P. The van der Waals surface area contributed by atoms with Gasteiger partial charge in [0.25, 0.3) is 5.91 Å². The largest absolute Gasteiger partial charge is 0.496 e. The van der Waals surface area contributed by atoms with Crippen LogP contribution in [0.2, 0.25) is 0 Å². The number of aromatic nitrogens is 2. The normalized spacial score (nSPS) is 16.7. The minimum Gasteiger partial charge on any atom is -0.496 e. The summed E-state index contributed by atoms with van der Waals surface area (Å²) < 4.78 is 7.09. The first kappa shape index (κ1) is 28.0. The van der Waals surface area contributed by atoms with E-state index in [-0.39, 0.29) is 23.3 Å². The maximum atomic E-state index is 12.6. The molecule has 1 atom stereocenters. The van der Waals surface area contributed by atoms with E-state index in [2.05, 4.69) is 20.0 Å². The first-order valence-electron chi connectivity index (χ1n) is 12.6. The van der Waals surface area contributed by atoms with E-state index in [0.29, 0.717) is 40.6 Å². The van der Waals surface area contributed by atoms with Gasteiger partial charge in [0, 0.05) is 18.0 Å². The van der Waals surface area contributed by atoms with Crippen molar-refractivity contribution in [3.63, 3.8) is 0 Å². The van der Waals surface area contributed by atoms with Gasteiger partial charge in [-0.05, 0) is 43.4 Å². The van der Waals surface area contributed by atoms with E-state index in [1.807, 2.05) is 41.0 Å². The summed E-state index contributed by atoms with van der Waals surface area (Å²) in [7, 11) is 5.42. The predicted molar refractivity (Wildman–Crippen MR) is 153 cm³/mol. The number of nitrogens with one attached hydrogen (secondary N) is 3. The zero-order valence-electron chi connectivity index (χ0n) is 22.0. The SMILES string of the molecule is CONC(=C=O)C1CCC(n2nc(-c3ccc(CNC(=O)c4ccccc4OC)cc3)c(C(=N)P)c2N)CC1. The Bertz CT molecular complexity index is 1390. The fourth-order valence-corrected chi connectivity index (χ4v) is 5.27. The van der Waals surface area contributed by atoms with E-state index < -0.39 is 0 Å². The topological polar surface area (TPSA) is 144 Å². The average Bonchev–Trinajstić information content (AvgIpc) is 3.32. The summed E-state index contributed by atoms with van der Waals surface area (Å²) in [5.41, 5.74) is 13.3. The Morgan fingerprint density at radius 1 is 1.15 bits per heavy atom. The number of nitrogens with zero attached hydrogens (tertiary/aromatic N) is 2. The van der Waals surface area contributed by atoms with Crippen molar-refractivity contribution in [1.82, 2.24) is 20.6 Å². The maximum Gasteiger partial charge on any atom is 0.255 e. The van der Waals surface area contributed by atoms with E-state index in [9.17, 15) is 9.59 Å². The van der Waals surface area contributed by atoms with Crippen LogP contribution in [-0.2, 0) is 16.2 Å². The van der Waals surface area contributed by atoms with Gasteiger partial charge in [0.2, 0.25) is 0 Å². The van der Waals surface area contributed by atoms with Gasteiger partial charge in [0.05, 0.1) is 36.8 Å². The van der Waals surface area contributed by atoms with Gasteiger partial charge in [-0.25, -0.2) is 9.48 Å². The number of nitrogen functional groups attached to an aromatic ring is 1. The Morgan fingerprint density at radius 3 is 2.46 bits per heavy atom. The molecule has 1 heterocycles. The van der Waals surface area contributed by atoms with Crippen LogP contribution in [0.25, 0.3) is 11.3 Å². The van der Waals surface area contributed by atoms with E-state index >= 15 is 0 Å². The summed E-state index contributed by atoms with van der Waals surface area (Å²) in [4.78, 5) is 28.8. The van der Waals surface area contributed by atoms with Crippen molar-refractivity contribution in [3.05, 3.63) is 70.9 Å². The highest BCUT2D eigenvalue weighted by molar-refractivity contribution is 7.41. The number of anilines is 1. The third-order valence-corrected chi connectivity index (χ3v) is 7.31. The van der Waals surface area contributed by atoms with Gasteiger partial charge >= 0.3 is 0 Å². The van der Waals surface area contributed by atoms with Gasteiger partial charge in [0.15, 0.2) is 0 Å². The van der Waals surface area contributed by atoms with Crippen LogP contribution in [0.4, 0.5) is 5.82 Å². The lowest BCUT2D eigenvalue weighted by molar-refractivity contribution is 0.0948. The van der Waals surface area contributed by atoms with Crippen LogP contribution in [-0.4, -0.2) is 41.3 Å². The Balaban J connectivity index is 1.48. The number of methoxy groups -OCH3 is 1. The second kappa shape index (κ2) is 12.7. The zero-order valence-corrected chi connectivity index (χ0v) is 23.1. The molecule has 1 fully saturated rings. The molecule has 1 aromatic heterocycles. The van der Waals surface area contributed by atoms with Crippen molar-refractivity contribution in [1.29, 1.82) is 5.41 Å². The maximum absolute atomic E-state index is 12.6. The number of rotatable bonds is 10. The summed E-state index contributed by atoms with van der Waals surface area (Å²) in [5.74, 6) is 2.74. The molecule has 4 rings (SSSR count). The van der Waals surface area contributed by atoms with Crippen molar-refractivity contribution in [2.45, 2.75) is 38.3 Å². The van der Waals surface area contributed by atoms with Gasteiger partial charge in [-0.2, -0.15) is 5.10 Å². The Hall–Kier alpha value is -3.97. The monoisotopic (exact) mass is 548 g/mol. The van der Waals surface area contributed by atoms with Gasteiger partial charge in [-0.1, -0.05) is 45.6 Å². The lowest BCUT2D eigenvalue weighted by atomic mass is 9.84. The molecule has 1 aliphatic rings. The van der Waals surface area contributed by atoms with E-state index in [1.54, 1.807) is 18.2 Å². The summed E-state index contributed by atoms with van der Waals surface area (Å²) in [6.45, 7) is 0.346. The van der Waals surface area contributed by atoms with Crippen LogP contribution in [0, 0.1) is 11.3 Å². The molecule has 2 aromatic carbocycles. The highest BCUT2D eigenvalue weighted by Gasteiger charge is 2.29. The van der Waals surface area contributed by atoms with Gasteiger partial charge in [0.1, 0.15) is 28.9 Å². The molecule has 39 heavy (non-hydrogen) atoms. The van der Waals surface area contributed by atoms with Crippen molar-refractivity contribution < 1.29 is 19.2 Å². The number of carbonyl (C=O) groups is 1. The number of ether oxygens (including phenoxy) is 1. The molecule has 3 aromatic rings. The predicted octanol–water partition coefficient (Wildman–Crippen LogP) is 3.87. The number of hydroxylamine groups is 1. The molecule has 1 amide bonds. The number of allylic oxidation sites excluding steroid dienone is 1. The van der Waals surface area contributed by atoms with E-state index in [4.69, 9.17) is 25.8 Å². The fraction of sp³-hybridized carbons (Fsp3) is 0.321. The molecule has 0 aliphatic heterocycles. The molecule has 11 heteroatoms. The standard InChI is InChI=1S/C28H33N6O4P/c1-37-23-6-4-3-5-21(23)28(36)31-15-17-7-9-19(10-8-17)25-24(27(30)39)26(29)34(32-25)20-13-11-18(12-14-20)22(16-35)33-38-2/h3-10,18,20,30,33H,11-15,29,39H2,1-2H3,(H,31,36). The summed E-state index contributed by atoms with van der Waals surface area (Å²) in [5, 5.41) is 16.1. The molecule has 0 bridgehead atoms. The number of hydrogen-bond donors (Lipinski definition) is 4. The Kier molecular flexibility index (Phi) is 9.15. The van der Waals surface area contributed by atoms with Crippen LogP contribution >= 0.6 is 9.24 Å². The second-order valence-electron chi connectivity index (χ2n) is 9.37. The number of carbonyl (C=O) groups excluding carboxylic acids is 2. The summed E-state index contributed by atoms with van der Waals surface area (Å²) in [6, 6.07) is 14.8. The molecule has 5 N–H and O–H groups in total. The molecule has 204 valence electrons. The molecule has 1 unspecified atom stereocenters. The molecule has 0 radical (unpaired) electrons. The Labute approximate surface area is 229 Å². The lowest BCUT2D eigenvalue weighted by Crippen LogP contribution is -2.26. The van der Waals surface area contributed by atoms with Gasteiger partial charge in [-0.15, -0.1) is 0 Å². The second-order valence-corrected chi connectivity index (χ2v) is 9.95. The van der Waals surface area contributed by atoms with Crippen LogP contribution in [0.3, 0.4) is 0 Å². The molecule has 0 spiro atoms. The zero-order chi connectivity index (χ0) is 27.9. The van der Waals surface area contributed by atoms with Crippen LogP contribution in [0.15, 0.2) is 54.2 Å². The minimum absolute atomic E-state index is 0.0467. The van der Waals surface area contributed by atoms with E-state index in [1.165, 1.54) is 14.2 Å². The number of benzene rings is 2. The van der Waals surface area contributed by atoms with E-state index in [0.717, 1.165) is 36.8 Å². The van der Waals surface area contributed by atoms with Crippen LogP contribution < -0.4 is 21.3 Å². The first-order chi connectivity index (χ1) is 18.9. The minimum atomic E-state index is -0.217.